The van der Waals surface area contributed by atoms with E-state index in [-0.39, 0.29) is 22.3 Å². The minimum absolute atomic E-state index is 0.241. The van der Waals surface area contributed by atoms with Crippen LogP contribution in [0.25, 0.3) is 0 Å². The minimum Gasteiger partial charge on any atom is -0.448 e. The number of hydrogen-bond donors (Lipinski definition) is 1. The maximum Gasteiger partial charge on any atom is 0.273 e. The zero-order valence-electron chi connectivity index (χ0n) is 14.5. The third-order valence-corrected chi connectivity index (χ3v) is 5.01. The van der Waals surface area contributed by atoms with Crippen molar-refractivity contribution in [3.05, 3.63) is 46.7 Å². The van der Waals surface area contributed by atoms with E-state index in [2.05, 4.69) is 4.72 Å². The van der Waals surface area contributed by atoms with Crippen LogP contribution in [0.1, 0.15) is 34.2 Å². The summed E-state index contributed by atoms with van der Waals surface area (Å²) < 4.78 is 31.2. The number of rotatable bonds is 5. The summed E-state index contributed by atoms with van der Waals surface area (Å²) in [5.74, 6) is -0.0158. The molecule has 1 aromatic heterocycles. The Morgan fingerprint density at radius 3 is 2.21 bits per heavy atom. The van der Waals surface area contributed by atoms with Crippen molar-refractivity contribution in [2.75, 3.05) is 18.5 Å². The molecule has 0 atom stereocenters. The van der Waals surface area contributed by atoms with E-state index >= 15 is 0 Å². The lowest BCUT2D eigenvalue weighted by Gasteiger charge is -2.21. The van der Waals surface area contributed by atoms with Crippen molar-refractivity contribution in [2.24, 2.45) is 0 Å². The molecule has 0 unspecified atom stereocenters. The first kappa shape index (κ1) is 18.2. The quantitative estimate of drug-likeness (QED) is 0.899. The summed E-state index contributed by atoms with van der Waals surface area (Å²) in [7, 11) is -2.44. The Morgan fingerprint density at radius 2 is 1.71 bits per heavy atom. The predicted octanol–water partition coefficient (Wildman–Crippen LogP) is 2.78. The number of nitrogens with one attached hydrogen (secondary N) is 1. The zero-order chi connectivity index (χ0) is 18.1. The SMILES string of the molecule is CCN(C(=O)c1cc(S(=O)(=O)NC)oc1C)c1cc(C)cc(C)c1. The van der Waals surface area contributed by atoms with Crippen LogP contribution in [0.4, 0.5) is 5.69 Å². The largest absolute Gasteiger partial charge is 0.448 e. The van der Waals surface area contributed by atoms with Crippen molar-refractivity contribution in [1.29, 1.82) is 0 Å². The van der Waals surface area contributed by atoms with Gasteiger partial charge in [-0.15, -0.1) is 0 Å². The minimum atomic E-state index is -3.73. The van der Waals surface area contributed by atoms with E-state index in [1.807, 2.05) is 39.0 Å². The fourth-order valence-corrected chi connectivity index (χ4v) is 3.30. The molecule has 24 heavy (non-hydrogen) atoms. The number of benzene rings is 1. The maximum absolute atomic E-state index is 12.9. The van der Waals surface area contributed by atoms with Gasteiger partial charge in [-0.25, -0.2) is 13.1 Å². The van der Waals surface area contributed by atoms with Crippen molar-refractivity contribution in [3.8, 4) is 0 Å². The molecule has 0 saturated carbocycles. The topological polar surface area (TPSA) is 79.6 Å². The van der Waals surface area contributed by atoms with Gasteiger partial charge in [0.25, 0.3) is 15.9 Å². The third kappa shape index (κ3) is 3.52. The van der Waals surface area contributed by atoms with Crippen molar-refractivity contribution in [3.63, 3.8) is 0 Å². The average molecular weight is 350 g/mol. The monoisotopic (exact) mass is 350 g/mol. The number of anilines is 1. The number of carbonyl (C=O) groups is 1. The first-order chi connectivity index (χ1) is 11.2. The van der Waals surface area contributed by atoms with Gasteiger partial charge in [-0.05, 0) is 58.0 Å². The van der Waals surface area contributed by atoms with Crippen molar-refractivity contribution >= 4 is 21.6 Å². The molecular formula is C17H22N2O4S. The third-order valence-electron chi connectivity index (χ3n) is 3.74. The molecule has 2 aromatic rings. The second-order valence-corrected chi connectivity index (χ2v) is 7.46. The fraction of sp³-hybridized carbons (Fsp3) is 0.353. The van der Waals surface area contributed by atoms with E-state index in [0.29, 0.717) is 6.54 Å². The van der Waals surface area contributed by atoms with Crippen LogP contribution in [0.3, 0.4) is 0 Å². The molecule has 7 heteroatoms. The summed E-state index contributed by atoms with van der Waals surface area (Å²) in [5.41, 5.74) is 3.13. The van der Waals surface area contributed by atoms with Gasteiger partial charge in [-0.3, -0.25) is 4.79 Å². The van der Waals surface area contributed by atoms with Gasteiger partial charge in [-0.1, -0.05) is 6.07 Å². The van der Waals surface area contributed by atoms with Gasteiger partial charge in [0.1, 0.15) is 5.76 Å². The molecule has 0 aliphatic carbocycles. The molecule has 1 heterocycles. The molecule has 0 aliphatic heterocycles. The highest BCUT2D eigenvalue weighted by Crippen LogP contribution is 2.25. The smallest absolute Gasteiger partial charge is 0.273 e. The van der Waals surface area contributed by atoms with Crippen LogP contribution < -0.4 is 9.62 Å². The molecule has 1 N–H and O–H groups in total. The molecule has 130 valence electrons. The first-order valence-electron chi connectivity index (χ1n) is 7.63. The maximum atomic E-state index is 12.9. The molecule has 2 rings (SSSR count). The summed E-state index contributed by atoms with van der Waals surface area (Å²) in [5, 5.41) is -0.262. The van der Waals surface area contributed by atoms with Crippen LogP contribution >= 0.6 is 0 Å². The normalized spacial score (nSPS) is 11.5. The van der Waals surface area contributed by atoms with E-state index in [9.17, 15) is 13.2 Å². The van der Waals surface area contributed by atoms with Gasteiger partial charge >= 0.3 is 0 Å². The predicted molar refractivity (Wildman–Crippen MR) is 93.0 cm³/mol. The van der Waals surface area contributed by atoms with E-state index in [4.69, 9.17) is 4.42 Å². The molecule has 1 amide bonds. The number of nitrogens with zero attached hydrogens (tertiary/aromatic N) is 1. The Bertz CT molecular complexity index is 848. The molecular weight excluding hydrogens is 328 g/mol. The lowest BCUT2D eigenvalue weighted by molar-refractivity contribution is 0.0987. The van der Waals surface area contributed by atoms with Crippen LogP contribution in [-0.2, 0) is 10.0 Å². The van der Waals surface area contributed by atoms with Crippen LogP contribution in [0.15, 0.2) is 33.8 Å². The van der Waals surface area contributed by atoms with E-state index in [0.717, 1.165) is 16.8 Å². The Hall–Kier alpha value is -2.12. The molecule has 0 spiro atoms. The lowest BCUT2D eigenvalue weighted by atomic mass is 10.1. The van der Waals surface area contributed by atoms with Gasteiger partial charge < -0.3 is 9.32 Å². The van der Waals surface area contributed by atoms with Crippen molar-refractivity contribution in [1.82, 2.24) is 4.72 Å². The molecule has 0 saturated heterocycles. The average Bonchev–Trinajstić information content (AvgIpc) is 2.89. The van der Waals surface area contributed by atoms with Gasteiger partial charge in [0, 0.05) is 18.3 Å². The van der Waals surface area contributed by atoms with E-state index < -0.39 is 10.0 Å². The Kier molecular flexibility index (Phi) is 5.15. The summed E-state index contributed by atoms with van der Waals surface area (Å²) in [6, 6.07) is 7.15. The number of aryl methyl sites for hydroxylation is 3. The number of amides is 1. The summed E-state index contributed by atoms with van der Waals surface area (Å²) in [6.45, 7) is 7.85. The first-order valence-corrected chi connectivity index (χ1v) is 9.12. The van der Waals surface area contributed by atoms with Crippen LogP contribution in [0.2, 0.25) is 0 Å². The number of furan rings is 1. The molecule has 0 fully saturated rings. The number of carbonyl (C=O) groups excluding carboxylic acids is 1. The molecule has 0 bridgehead atoms. The lowest BCUT2D eigenvalue weighted by Crippen LogP contribution is -2.31. The summed E-state index contributed by atoms with van der Waals surface area (Å²) in [4.78, 5) is 14.5. The summed E-state index contributed by atoms with van der Waals surface area (Å²) >= 11 is 0. The number of hydrogen-bond acceptors (Lipinski definition) is 4. The van der Waals surface area contributed by atoms with E-state index in [1.54, 1.807) is 11.8 Å². The van der Waals surface area contributed by atoms with Crippen LogP contribution in [0.5, 0.6) is 0 Å². The van der Waals surface area contributed by atoms with Gasteiger partial charge in [0.2, 0.25) is 5.09 Å². The van der Waals surface area contributed by atoms with Crippen LogP contribution in [0, 0.1) is 20.8 Å². The van der Waals surface area contributed by atoms with Crippen molar-refractivity contribution < 1.29 is 17.6 Å². The molecule has 6 nitrogen and oxygen atoms in total. The highest BCUT2D eigenvalue weighted by molar-refractivity contribution is 7.89. The van der Waals surface area contributed by atoms with Gasteiger partial charge in [0.05, 0.1) is 5.56 Å². The van der Waals surface area contributed by atoms with Crippen molar-refractivity contribution in [2.45, 2.75) is 32.8 Å². The Morgan fingerprint density at radius 1 is 1.12 bits per heavy atom. The highest BCUT2D eigenvalue weighted by Gasteiger charge is 2.26. The van der Waals surface area contributed by atoms with Crippen LogP contribution in [-0.4, -0.2) is 27.9 Å². The molecule has 0 radical (unpaired) electrons. The highest BCUT2D eigenvalue weighted by atomic mass is 32.2. The Balaban J connectivity index is 2.46. The molecule has 0 aliphatic rings. The van der Waals surface area contributed by atoms with E-state index in [1.165, 1.54) is 13.1 Å². The number of sulfonamides is 1. The fourth-order valence-electron chi connectivity index (χ4n) is 2.60. The Labute approximate surface area is 142 Å². The summed E-state index contributed by atoms with van der Waals surface area (Å²) in [6.07, 6.45) is 0. The van der Waals surface area contributed by atoms with Gasteiger partial charge in [0.15, 0.2) is 0 Å². The standard InChI is InChI=1S/C17H22N2O4S/c1-6-19(14-8-11(2)7-12(3)9-14)17(20)15-10-16(23-13(15)4)24(21,22)18-5/h7-10,18H,6H2,1-5H3. The second-order valence-electron chi connectivity index (χ2n) is 5.64. The molecule has 1 aromatic carbocycles. The zero-order valence-corrected chi connectivity index (χ0v) is 15.3. The second kappa shape index (κ2) is 6.78. The van der Waals surface area contributed by atoms with Gasteiger partial charge in [-0.2, -0.15) is 0 Å².